The van der Waals surface area contributed by atoms with Crippen LogP contribution in [0.2, 0.25) is 0 Å². The summed E-state index contributed by atoms with van der Waals surface area (Å²) < 4.78 is 0. The van der Waals surface area contributed by atoms with Crippen molar-refractivity contribution >= 4 is 5.91 Å². The van der Waals surface area contributed by atoms with Crippen LogP contribution in [-0.2, 0) is 11.2 Å². The molecule has 1 rings (SSSR count). The van der Waals surface area contributed by atoms with Crippen LogP contribution in [0.3, 0.4) is 0 Å². The van der Waals surface area contributed by atoms with Crippen LogP contribution in [0.1, 0.15) is 45.6 Å². The van der Waals surface area contributed by atoms with Gasteiger partial charge in [0.2, 0.25) is 5.91 Å². The summed E-state index contributed by atoms with van der Waals surface area (Å²) in [5.41, 5.74) is 6.78. The van der Waals surface area contributed by atoms with Gasteiger partial charge < -0.3 is 16.2 Å². The Morgan fingerprint density at radius 1 is 1.20 bits per heavy atom. The lowest BCUT2D eigenvalue weighted by Crippen LogP contribution is -2.53. The zero-order chi connectivity index (χ0) is 15.2. The summed E-state index contributed by atoms with van der Waals surface area (Å²) in [7, 11) is 0. The molecular formula is C16H26N2O2. The first kappa shape index (κ1) is 16.5. The third-order valence-corrected chi connectivity index (χ3v) is 4.15. The van der Waals surface area contributed by atoms with E-state index in [2.05, 4.69) is 26.1 Å². The number of amides is 1. The largest absolute Gasteiger partial charge is 0.508 e. The summed E-state index contributed by atoms with van der Waals surface area (Å²) in [4.78, 5) is 12.2. The Labute approximate surface area is 121 Å². The van der Waals surface area contributed by atoms with E-state index >= 15 is 0 Å². The summed E-state index contributed by atoms with van der Waals surface area (Å²) in [6.07, 6.45) is 3.17. The van der Waals surface area contributed by atoms with Gasteiger partial charge in [-0.3, -0.25) is 4.79 Å². The number of phenols is 1. The molecule has 4 heteroatoms. The number of benzene rings is 1. The fraction of sp³-hybridized carbons (Fsp3) is 0.562. The second-order valence-electron chi connectivity index (χ2n) is 5.31. The van der Waals surface area contributed by atoms with Gasteiger partial charge in [-0.15, -0.1) is 0 Å². The molecule has 0 spiro atoms. The van der Waals surface area contributed by atoms with E-state index in [-0.39, 0.29) is 17.2 Å². The van der Waals surface area contributed by atoms with Crippen molar-refractivity contribution < 1.29 is 9.90 Å². The number of phenolic OH excluding ortho intramolecular Hbond substituents is 1. The SMILES string of the molecule is CCC(CC)(CC)NC(=O)[C@@H](N)Cc1ccc(O)cc1. The molecule has 0 saturated heterocycles. The van der Waals surface area contributed by atoms with Crippen LogP contribution < -0.4 is 11.1 Å². The Morgan fingerprint density at radius 2 is 1.70 bits per heavy atom. The quantitative estimate of drug-likeness (QED) is 0.716. The van der Waals surface area contributed by atoms with Crippen molar-refractivity contribution in [3.8, 4) is 5.75 Å². The normalized spacial score (nSPS) is 13.0. The summed E-state index contributed by atoms with van der Waals surface area (Å²) in [6, 6.07) is 6.22. The molecule has 4 nitrogen and oxygen atoms in total. The third kappa shape index (κ3) is 4.23. The second kappa shape index (κ2) is 7.29. The lowest BCUT2D eigenvalue weighted by molar-refractivity contribution is -0.124. The molecule has 0 radical (unpaired) electrons. The van der Waals surface area contributed by atoms with E-state index in [1.54, 1.807) is 24.3 Å². The van der Waals surface area contributed by atoms with Crippen LogP contribution in [0.25, 0.3) is 0 Å². The van der Waals surface area contributed by atoms with Gasteiger partial charge in [-0.05, 0) is 43.4 Å². The number of carbonyl (C=O) groups is 1. The molecule has 112 valence electrons. The average molecular weight is 278 g/mol. The Morgan fingerprint density at radius 3 is 2.15 bits per heavy atom. The van der Waals surface area contributed by atoms with Crippen molar-refractivity contribution in [2.75, 3.05) is 0 Å². The highest BCUT2D eigenvalue weighted by molar-refractivity contribution is 5.82. The Hall–Kier alpha value is -1.55. The lowest BCUT2D eigenvalue weighted by atomic mass is 9.89. The number of hydrogen-bond acceptors (Lipinski definition) is 3. The number of rotatable bonds is 7. The molecule has 20 heavy (non-hydrogen) atoms. The minimum absolute atomic E-state index is 0.108. The van der Waals surface area contributed by atoms with Crippen molar-refractivity contribution in [2.45, 2.75) is 58.0 Å². The molecule has 1 amide bonds. The van der Waals surface area contributed by atoms with Gasteiger partial charge in [0.1, 0.15) is 5.75 Å². The first-order valence-corrected chi connectivity index (χ1v) is 7.31. The molecule has 0 bridgehead atoms. The summed E-state index contributed by atoms with van der Waals surface area (Å²) in [5.74, 6) is 0.109. The van der Waals surface area contributed by atoms with E-state index in [4.69, 9.17) is 5.73 Å². The molecule has 0 fully saturated rings. The number of carbonyl (C=O) groups excluding carboxylic acids is 1. The minimum Gasteiger partial charge on any atom is -0.508 e. The van der Waals surface area contributed by atoms with Gasteiger partial charge in [0.15, 0.2) is 0 Å². The third-order valence-electron chi connectivity index (χ3n) is 4.15. The highest BCUT2D eigenvalue weighted by Crippen LogP contribution is 2.19. The average Bonchev–Trinajstić information content (AvgIpc) is 2.47. The first-order chi connectivity index (χ1) is 9.46. The van der Waals surface area contributed by atoms with Crippen LogP contribution >= 0.6 is 0 Å². The Balaban J connectivity index is 2.65. The van der Waals surface area contributed by atoms with Gasteiger partial charge >= 0.3 is 0 Å². The molecule has 0 aromatic heterocycles. The van der Waals surface area contributed by atoms with E-state index in [0.29, 0.717) is 6.42 Å². The first-order valence-electron chi connectivity index (χ1n) is 7.31. The Kier molecular flexibility index (Phi) is 6.02. The molecular weight excluding hydrogens is 252 g/mol. The predicted molar refractivity (Wildman–Crippen MR) is 81.5 cm³/mol. The van der Waals surface area contributed by atoms with Crippen LogP contribution in [-0.4, -0.2) is 22.6 Å². The van der Waals surface area contributed by atoms with Gasteiger partial charge in [0.25, 0.3) is 0 Å². The zero-order valence-corrected chi connectivity index (χ0v) is 12.6. The molecule has 0 aliphatic rings. The second-order valence-corrected chi connectivity index (χ2v) is 5.31. The van der Waals surface area contributed by atoms with E-state index < -0.39 is 6.04 Å². The molecule has 1 aromatic rings. The maximum Gasteiger partial charge on any atom is 0.237 e. The van der Waals surface area contributed by atoms with Crippen molar-refractivity contribution in [3.63, 3.8) is 0 Å². The molecule has 0 unspecified atom stereocenters. The number of nitrogens with one attached hydrogen (secondary N) is 1. The monoisotopic (exact) mass is 278 g/mol. The van der Waals surface area contributed by atoms with Gasteiger partial charge in [-0.25, -0.2) is 0 Å². The van der Waals surface area contributed by atoms with E-state index in [0.717, 1.165) is 24.8 Å². The summed E-state index contributed by atoms with van der Waals surface area (Å²) in [6.45, 7) is 6.25. The van der Waals surface area contributed by atoms with Gasteiger partial charge in [0, 0.05) is 5.54 Å². The Bertz CT molecular complexity index is 416. The van der Waals surface area contributed by atoms with E-state index in [1.807, 2.05) is 0 Å². The smallest absolute Gasteiger partial charge is 0.237 e. The molecule has 0 aliphatic heterocycles. The zero-order valence-electron chi connectivity index (χ0n) is 12.6. The van der Waals surface area contributed by atoms with Crippen LogP contribution in [0, 0.1) is 0 Å². The predicted octanol–water partition coefficient (Wildman–Crippen LogP) is 2.35. The van der Waals surface area contributed by atoms with E-state index in [1.165, 1.54) is 0 Å². The van der Waals surface area contributed by atoms with Crippen LogP contribution in [0.15, 0.2) is 24.3 Å². The molecule has 0 aliphatic carbocycles. The van der Waals surface area contributed by atoms with Crippen molar-refractivity contribution in [1.29, 1.82) is 0 Å². The summed E-state index contributed by atoms with van der Waals surface area (Å²) >= 11 is 0. The van der Waals surface area contributed by atoms with Crippen molar-refractivity contribution in [2.24, 2.45) is 5.73 Å². The minimum atomic E-state index is -0.566. The fourth-order valence-electron chi connectivity index (χ4n) is 2.35. The van der Waals surface area contributed by atoms with E-state index in [9.17, 15) is 9.90 Å². The number of nitrogens with two attached hydrogens (primary N) is 1. The molecule has 1 aromatic carbocycles. The number of aromatic hydroxyl groups is 1. The van der Waals surface area contributed by atoms with Gasteiger partial charge in [-0.1, -0.05) is 32.9 Å². The maximum absolute atomic E-state index is 12.2. The molecule has 1 atom stereocenters. The topological polar surface area (TPSA) is 75.4 Å². The van der Waals surface area contributed by atoms with Crippen LogP contribution in [0.5, 0.6) is 5.75 Å². The fourth-order valence-corrected chi connectivity index (χ4v) is 2.35. The highest BCUT2D eigenvalue weighted by Gasteiger charge is 2.28. The van der Waals surface area contributed by atoms with Gasteiger partial charge in [0.05, 0.1) is 6.04 Å². The standard InChI is InChI=1S/C16H26N2O2/c1-4-16(5-2,6-3)18-15(20)14(17)11-12-7-9-13(19)10-8-12/h7-10,14,19H,4-6,11,17H2,1-3H3,(H,18,20)/t14-/m0/s1. The maximum atomic E-state index is 12.2. The highest BCUT2D eigenvalue weighted by atomic mass is 16.3. The van der Waals surface area contributed by atoms with Crippen LogP contribution in [0.4, 0.5) is 0 Å². The summed E-state index contributed by atoms with van der Waals surface area (Å²) in [5, 5.41) is 12.3. The molecule has 4 N–H and O–H groups in total. The van der Waals surface area contributed by atoms with Gasteiger partial charge in [-0.2, -0.15) is 0 Å². The molecule has 0 saturated carbocycles. The lowest BCUT2D eigenvalue weighted by Gasteiger charge is -2.33. The van der Waals surface area contributed by atoms with Crippen molar-refractivity contribution in [1.82, 2.24) is 5.32 Å². The number of hydrogen-bond donors (Lipinski definition) is 3. The molecule has 0 heterocycles. The van der Waals surface area contributed by atoms with Crippen molar-refractivity contribution in [3.05, 3.63) is 29.8 Å².